The topological polar surface area (TPSA) is 68.2 Å². The molecule has 1 saturated heterocycles. The van der Waals surface area contributed by atoms with Gasteiger partial charge in [0.1, 0.15) is 5.60 Å². The number of aliphatic hydroxyl groups is 1. The molecule has 1 aliphatic carbocycles. The number of ether oxygens (including phenoxy) is 3. The highest BCUT2D eigenvalue weighted by Crippen LogP contribution is 2.48. The molecular formula is C20H25NO5. The van der Waals surface area contributed by atoms with Crippen molar-refractivity contribution in [1.82, 2.24) is 4.90 Å². The lowest BCUT2D eigenvalue weighted by Gasteiger charge is -2.40. The molecule has 0 unspecified atom stereocenters. The second-order valence-corrected chi connectivity index (χ2v) is 8.21. The molecule has 0 radical (unpaired) electrons. The number of carbonyl (C=O) groups excluding carboxylic acids is 1. The molecule has 0 spiro atoms. The van der Waals surface area contributed by atoms with E-state index in [-0.39, 0.29) is 24.3 Å². The molecule has 3 aliphatic rings. The molecule has 3 atom stereocenters. The van der Waals surface area contributed by atoms with Crippen molar-refractivity contribution >= 4 is 6.09 Å². The Balaban J connectivity index is 1.69. The summed E-state index contributed by atoms with van der Waals surface area (Å²) in [7, 11) is 0. The average molecular weight is 359 g/mol. The molecule has 1 aromatic rings. The fourth-order valence-electron chi connectivity index (χ4n) is 4.19. The maximum Gasteiger partial charge on any atom is 0.410 e. The van der Waals surface area contributed by atoms with Gasteiger partial charge in [-0.1, -0.05) is 18.2 Å². The molecule has 4 rings (SSSR count). The summed E-state index contributed by atoms with van der Waals surface area (Å²) in [5.74, 6) is 1.47. The predicted molar refractivity (Wildman–Crippen MR) is 95.4 cm³/mol. The summed E-state index contributed by atoms with van der Waals surface area (Å²) in [5, 5.41) is 10.2. The van der Waals surface area contributed by atoms with Crippen LogP contribution in [-0.2, 0) is 10.2 Å². The van der Waals surface area contributed by atoms with Crippen molar-refractivity contribution in [3.8, 4) is 11.5 Å². The minimum Gasteiger partial charge on any atom is -0.454 e. The third-order valence-corrected chi connectivity index (χ3v) is 5.36. The Morgan fingerprint density at radius 1 is 1.31 bits per heavy atom. The lowest BCUT2D eigenvalue weighted by atomic mass is 9.69. The fraction of sp³-hybridized carbons (Fsp3) is 0.550. The fourth-order valence-corrected chi connectivity index (χ4v) is 4.19. The van der Waals surface area contributed by atoms with Gasteiger partial charge in [0.2, 0.25) is 6.79 Å². The standard InChI is InChI=1S/C20H25NO5/c1-19(2,3)26-18(23)21-9-8-20(7-6-14(22)11-17(20)21)13-4-5-15-16(10-13)25-12-24-15/h4-7,10,14,17,22H,8-9,11-12H2,1-3H3/t14-,17-,20-/m1/s1. The third kappa shape index (κ3) is 2.82. The van der Waals surface area contributed by atoms with E-state index in [4.69, 9.17) is 14.2 Å². The minimum atomic E-state index is -0.565. The highest BCUT2D eigenvalue weighted by atomic mass is 16.7. The quantitative estimate of drug-likeness (QED) is 0.781. The van der Waals surface area contributed by atoms with Crippen LogP contribution in [0, 0.1) is 0 Å². The number of likely N-dealkylation sites (tertiary alicyclic amines) is 1. The van der Waals surface area contributed by atoms with Gasteiger partial charge in [-0.25, -0.2) is 4.79 Å². The van der Waals surface area contributed by atoms with Crippen LogP contribution in [0.4, 0.5) is 4.79 Å². The number of nitrogens with zero attached hydrogens (tertiary/aromatic N) is 1. The Bertz CT molecular complexity index is 753. The number of aliphatic hydroxyl groups excluding tert-OH is 1. The van der Waals surface area contributed by atoms with Gasteiger partial charge in [-0.2, -0.15) is 0 Å². The summed E-state index contributed by atoms with van der Waals surface area (Å²) < 4.78 is 16.5. The first-order valence-corrected chi connectivity index (χ1v) is 9.06. The second-order valence-electron chi connectivity index (χ2n) is 8.21. The summed E-state index contributed by atoms with van der Waals surface area (Å²) in [6.07, 6.45) is 4.26. The molecule has 1 fully saturated rings. The molecule has 0 bridgehead atoms. The van der Waals surface area contributed by atoms with Gasteiger partial charge in [-0.05, 0) is 51.3 Å². The van der Waals surface area contributed by atoms with E-state index in [0.717, 1.165) is 23.5 Å². The molecule has 1 aromatic carbocycles. The monoisotopic (exact) mass is 359 g/mol. The van der Waals surface area contributed by atoms with Gasteiger partial charge in [-0.15, -0.1) is 0 Å². The molecule has 6 nitrogen and oxygen atoms in total. The van der Waals surface area contributed by atoms with Crippen LogP contribution in [0.15, 0.2) is 30.4 Å². The SMILES string of the molecule is CC(C)(C)OC(=O)N1CC[C@@]2(c3ccc4c(c3)OCO4)C=C[C@@H](O)C[C@@H]12. The van der Waals surface area contributed by atoms with Crippen molar-refractivity contribution in [2.24, 2.45) is 0 Å². The van der Waals surface area contributed by atoms with E-state index < -0.39 is 11.7 Å². The van der Waals surface area contributed by atoms with Crippen molar-refractivity contribution in [2.45, 2.75) is 56.8 Å². The number of amides is 1. The van der Waals surface area contributed by atoms with Crippen molar-refractivity contribution in [3.63, 3.8) is 0 Å². The van der Waals surface area contributed by atoms with E-state index in [1.54, 1.807) is 4.90 Å². The van der Waals surface area contributed by atoms with Crippen LogP contribution in [0.25, 0.3) is 0 Å². The summed E-state index contributed by atoms with van der Waals surface area (Å²) >= 11 is 0. The van der Waals surface area contributed by atoms with Crippen LogP contribution >= 0.6 is 0 Å². The normalized spacial score (nSPS) is 29.6. The first-order valence-electron chi connectivity index (χ1n) is 9.06. The van der Waals surface area contributed by atoms with E-state index in [1.807, 2.05) is 51.1 Å². The first-order chi connectivity index (χ1) is 12.3. The summed E-state index contributed by atoms with van der Waals surface area (Å²) in [4.78, 5) is 14.5. The molecule has 1 amide bonds. The van der Waals surface area contributed by atoms with Gasteiger partial charge in [0.05, 0.1) is 12.1 Å². The lowest BCUT2D eigenvalue weighted by Crippen LogP contribution is -2.49. The third-order valence-electron chi connectivity index (χ3n) is 5.36. The maximum atomic E-state index is 12.7. The Hall–Kier alpha value is -2.21. The second kappa shape index (κ2) is 5.91. The average Bonchev–Trinajstić information content (AvgIpc) is 3.17. The molecule has 6 heteroatoms. The molecule has 2 heterocycles. The zero-order valence-electron chi connectivity index (χ0n) is 15.4. The first kappa shape index (κ1) is 17.2. The van der Waals surface area contributed by atoms with Crippen molar-refractivity contribution in [2.75, 3.05) is 13.3 Å². The number of rotatable bonds is 1. The molecule has 1 N–H and O–H groups in total. The number of benzene rings is 1. The summed E-state index contributed by atoms with van der Waals surface area (Å²) in [6.45, 7) is 6.41. The van der Waals surface area contributed by atoms with Gasteiger partial charge in [0, 0.05) is 12.0 Å². The molecule has 0 saturated carbocycles. The Kier molecular flexibility index (Phi) is 3.91. The van der Waals surface area contributed by atoms with Crippen molar-refractivity contribution in [1.29, 1.82) is 0 Å². The maximum absolute atomic E-state index is 12.7. The smallest absolute Gasteiger partial charge is 0.410 e. The van der Waals surface area contributed by atoms with Crippen LogP contribution in [0.1, 0.15) is 39.2 Å². The lowest BCUT2D eigenvalue weighted by molar-refractivity contribution is 0.0157. The number of hydrogen-bond acceptors (Lipinski definition) is 5. The molecule has 140 valence electrons. The van der Waals surface area contributed by atoms with Crippen LogP contribution in [-0.4, -0.2) is 47.2 Å². The van der Waals surface area contributed by atoms with Gasteiger partial charge in [-0.3, -0.25) is 0 Å². The van der Waals surface area contributed by atoms with E-state index in [9.17, 15) is 9.90 Å². The van der Waals surface area contributed by atoms with E-state index >= 15 is 0 Å². The van der Waals surface area contributed by atoms with Gasteiger partial charge in [0.25, 0.3) is 0 Å². The number of fused-ring (bicyclic) bond motifs is 2. The predicted octanol–water partition coefficient (Wildman–Crippen LogP) is 2.98. The largest absolute Gasteiger partial charge is 0.454 e. The number of hydrogen-bond donors (Lipinski definition) is 1. The molecule has 0 aromatic heterocycles. The van der Waals surface area contributed by atoms with Crippen molar-refractivity contribution < 1.29 is 24.1 Å². The summed E-state index contributed by atoms with van der Waals surface area (Å²) in [6, 6.07) is 5.79. The summed E-state index contributed by atoms with van der Waals surface area (Å²) in [5.41, 5.74) is 0.169. The van der Waals surface area contributed by atoms with E-state index in [1.165, 1.54) is 0 Å². The van der Waals surface area contributed by atoms with E-state index in [2.05, 4.69) is 0 Å². The Morgan fingerprint density at radius 2 is 2.08 bits per heavy atom. The molecular weight excluding hydrogens is 334 g/mol. The van der Waals surface area contributed by atoms with Gasteiger partial charge in [0.15, 0.2) is 11.5 Å². The highest BCUT2D eigenvalue weighted by molar-refractivity contribution is 5.70. The van der Waals surface area contributed by atoms with E-state index in [0.29, 0.717) is 13.0 Å². The van der Waals surface area contributed by atoms with Crippen molar-refractivity contribution in [3.05, 3.63) is 35.9 Å². The molecule has 26 heavy (non-hydrogen) atoms. The van der Waals surface area contributed by atoms with Crippen LogP contribution in [0.2, 0.25) is 0 Å². The van der Waals surface area contributed by atoms with Crippen LogP contribution in [0.5, 0.6) is 11.5 Å². The van der Waals surface area contributed by atoms with Gasteiger partial charge < -0.3 is 24.2 Å². The van der Waals surface area contributed by atoms with Crippen LogP contribution < -0.4 is 9.47 Å². The number of carbonyl (C=O) groups is 1. The Labute approximate surface area is 153 Å². The zero-order valence-corrected chi connectivity index (χ0v) is 15.4. The zero-order chi connectivity index (χ0) is 18.5. The Morgan fingerprint density at radius 3 is 2.85 bits per heavy atom. The highest BCUT2D eigenvalue weighted by Gasteiger charge is 2.51. The van der Waals surface area contributed by atoms with Gasteiger partial charge >= 0.3 is 6.09 Å². The minimum absolute atomic E-state index is 0.155. The molecule has 2 aliphatic heterocycles. The van der Waals surface area contributed by atoms with Crippen LogP contribution in [0.3, 0.4) is 0 Å².